The SMILES string of the molecule is CCc1ccc(-c2noc(N)c2-c2ccc(C)c(C)c2)s1. The fourth-order valence-corrected chi connectivity index (χ4v) is 3.28. The number of thiophene rings is 1. The standard InChI is InChI=1S/C17H18N2OS/c1-4-13-7-8-14(21-13)16-15(17(18)20-19-16)12-6-5-10(2)11(3)9-12/h5-9H,4,18H2,1-3H3. The van der Waals surface area contributed by atoms with Crippen LogP contribution in [-0.4, -0.2) is 5.16 Å². The highest BCUT2D eigenvalue weighted by atomic mass is 32.1. The largest absolute Gasteiger partial charge is 0.367 e. The van der Waals surface area contributed by atoms with Gasteiger partial charge >= 0.3 is 0 Å². The minimum absolute atomic E-state index is 0.375. The highest BCUT2D eigenvalue weighted by Gasteiger charge is 2.19. The molecule has 2 heterocycles. The molecule has 0 fully saturated rings. The third-order valence-electron chi connectivity index (χ3n) is 3.76. The Morgan fingerprint density at radius 3 is 2.62 bits per heavy atom. The molecule has 0 spiro atoms. The van der Waals surface area contributed by atoms with Gasteiger partial charge in [-0.15, -0.1) is 11.3 Å². The van der Waals surface area contributed by atoms with Gasteiger partial charge in [0.1, 0.15) is 5.69 Å². The molecular formula is C17H18N2OS. The van der Waals surface area contributed by atoms with E-state index in [9.17, 15) is 0 Å². The number of nitrogen functional groups attached to an aromatic ring is 1. The molecule has 0 aliphatic carbocycles. The summed E-state index contributed by atoms with van der Waals surface area (Å²) in [6.45, 7) is 6.35. The van der Waals surface area contributed by atoms with E-state index < -0.39 is 0 Å². The van der Waals surface area contributed by atoms with Gasteiger partial charge in [0, 0.05) is 4.88 Å². The van der Waals surface area contributed by atoms with E-state index in [-0.39, 0.29) is 0 Å². The minimum Gasteiger partial charge on any atom is -0.367 e. The molecule has 0 aliphatic rings. The number of rotatable bonds is 3. The lowest BCUT2D eigenvalue weighted by Crippen LogP contribution is -1.89. The predicted octanol–water partition coefficient (Wildman–Crippen LogP) is 4.83. The summed E-state index contributed by atoms with van der Waals surface area (Å²) in [5, 5.41) is 4.17. The monoisotopic (exact) mass is 298 g/mol. The van der Waals surface area contributed by atoms with Crippen molar-refractivity contribution >= 4 is 17.2 Å². The van der Waals surface area contributed by atoms with Gasteiger partial charge in [-0.2, -0.15) is 0 Å². The van der Waals surface area contributed by atoms with Crippen molar-refractivity contribution in [1.29, 1.82) is 0 Å². The highest BCUT2D eigenvalue weighted by molar-refractivity contribution is 7.15. The second-order valence-corrected chi connectivity index (χ2v) is 6.36. The van der Waals surface area contributed by atoms with Crippen LogP contribution in [0.2, 0.25) is 0 Å². The Morgan fingerprint density at radius 2 is 1.95 bits per heavy atom. The number of nitrogens with two attached hydrogens (primary N) is 1. The summed E-state index contributed by atoms with van der Waals surface area (Å²) in [4.78, 5) is 2.43. The lowest BCUT2D eigenvalue weighted by Gasteiger charge is -2.05. The Balaban J connectivity index is 2.14. The topological polar surface area (TPSA) is 52.0 Å². The fourth-order valence-electron chi connectivity index (χ4n) is 2.34. The minimum atomic E-state index is 0.375. The van der Waals surface area contributed by atoms with Gasteiger partial charge in [-0.25, -0.2) is 0 Å². The van der Waals surface area contributed by atoms with E-state index >= 15 is 0 Å². The zero-order valence-corrected chi connectivity index (χ0v) is 13.3. The number of aromatic nitrogens is 1. The number of hydrogen-bond donors (Lipinski definition) is 1. The first-order chi connectivity index (χ1) is 10.1. The number of hydrogen-bond acceptors (Lipinski definition) is 4. The molecule has 21 heavy (non-hydrogen) atoms. The Kier molecular flexibility index (Phi) is 3.55. The van der Waals surface area contributed by atoms with E-state index in [0.717, 1.165) is 28.1 Å². The molecular weight excluding hydrogens is 280 g/mol. The molecule has 108 valence electrons. The van der Waals surface area contributed by atoms with Gasteiger partial charge in [0.15, 0.2) is 0 Å². The summed E-state index contributed by atoms with van der Waals surface area (Å²) in [6, 6.07) is 10.5. The summed E-state index contributed by atoms with van der Waals surface area (Å²) >= 11 is 1.74. The molecule has 3 aromatic rings. The van der Waals surface area contributed by atoms with Crippen molar-refractivity contribution in [1.82, 2.24) is 5.16 Å². The molecule has 1 aromatic carbocycles. The van der Waals surface area contributed by atoms with E-state index in [1.165, 1.54) is 16.0 Å². The van der Waals surface area contributed by atoms with Crippen LogP contribution in [0.1, 0.15) is 22.9 Å². The van der Waals surface area contributed by atoms with Crippen molar-refractivity contribution in [3.63, 3.8) is 0 Å². The molecule has 2 aromatic heterocycles. The molecule has 0 saturated heterocycles. The van der Waals surface area contributed by atoms with Gasteiger partial charge in [0.25, 0.3) is 0 Å². The smallest absolute Gasteiger partial charge is 0.230 e. The average molecular weight is 298 g/mol. The molecule has 0 atom stereocenters. The summed E-state index contributed by atoms with van der Waals surface area (Å²) in [7, 11) is 0. The van der Waals surface area contributed by atoms with Crippen molar-refractivity contribution in [2.24, 2.45) is 0 Å². The van der Waals surface area contributed by atoms with Crippen LogP contribution in [0.25, 0.3) is 21.7 Å². The van der Waals surface area contributed by atoms with Crippen molar-refractivity contribution in [3.8, 4) is 21.7 Å². The van der Waals surface area contributed by atoms with Crippen molar-refractivity contribution < 1.29 is 4.52 Å². The Hall–Kier alpha value is -2.07. The number of anilines is 1. The molecule has 0 unspecified atom stereocenters. The average Bonchev–Trinajstić information content (AvgIpc) is 3.08. The molecule has 0 amide bonds. The van der Waals surface area contributed by atoms with E-state index in [4.69, 9.17) is 10.3 Å². The van der Waals surface area contributed by atoms with Crippen molar-refractivity contribution in [3.05, 3.63) is 46.3 Å². The van der Waals surface area contributed by atoms with Gasteiger partial charge in [0.2, 0.25) is 5.88 Å². The second kappa shape index (κ2) is 5.37. The van der Waals surface area contributed by atoms with E-state index in [1.807, 2.05) is 0 Å². The van der Waals surface area contributed by atoms with E-state index in [1.54, 1.807) is 11.3 Å². The quantitative estimate of drug-likeness (QED) is 0.753. The van der Waals surface area contributed by atoms with Crippen LogP contribution < -0.4 is 5.73 Å². The maximum absolute atomic E-state index is 6.01. The van der Waals surface area contributed by atoms with Crippen LogP contribution in [0.15, 0.2) is 34.9 Å². The van der Waals surface area contributed by atoms with Crippen LogP contribution in [-0.2, 0) is 6.42 Å². The van der Waals surface area contributed by atoms with Crippen LogP contribution in [0.5, 0.6) is 0 Å². The van der Waals surface area contributed by atoms with Gasteiger partial charge in [-0.05, 0) is 49.1 Å². The molecule has 2 N–H and O–H groups in total. The Morgan fingerprint density at radius 1 is 1.14 bits per heavy atom. The molecule has 3 rings (SSSR count). The fraction of sp³-hybridized carbons (Fsp3) is 0.235. The summed E-state index contributed by atoms with van der Waals surface area (Å²) in [6.07, 6.45) is 1.02. The molecule has 0 saturated carbocycles. The lowest BCUT2D eigenvalue weighted by atomic mass is 10.00. The molecule has 4 heteroatoms. The first kappa shape index (κ1) is 13.9. The molecule has 0 bridgehead atoms. The van der Waals surface area contributed by atoms with Crippen molar-refractivity contribution in [2.45, 2.75) is 27.2 Å². The summed E-state index contributed by atoms with van der Waals surface area (Å²) in [5.41, 5.74) is 11.3. The maximum Gasteiger partial charge on any atom is 0.230 e. The number of nitrogens with zero attached hydrogens (tertiary/aromatic N) is 1. The maximum atomic E-state index is 6.01. The summed E-state index contributed by atoms with van der Waals surface area (Å²) < 4.78 is 5.25. The zero-order chi connectivity index (χ0) is 15.0. The van der Waals surface area contributed by atoms with Gasteiger partial charge < -0.3 is 10.3 Å². The van der Waals surface area contributed by atoms with Gasteiger partial charge in [-0.3, -0.25) is 0 Å². The third-order valence-corrected chi connectivity index (χ3v) is 4.99. The van der Waals surface area contributed by atoms with Crippen LogP contribution in [0.3, 0.4) is 0 Å². The Labute approximate surface area is 128 Å². The zero-order valence-electron chi connectivity index (χ0n) is 12.4. The first-order valence-corrected chi connectivity index (χ1v) is 7.83. The normalized spacial score (nSPS) is 11.0. The lowest BCUT2D eigenvalue weighted by molar-refractivity contribution is 0.439. The van der Waals surface area contributed by atoms with E-state index in [2.05, 4.69) is 56.3 Å². The second-order valence-electron chi connectivity index (χ2n) is 5.19. The van der Waals surface area contributed by atoms with Crippen LogP contribution >= 0.6 is 11.3 Å². The number of aryl methyl sites for hydroxylation is 3. The molecule has 0 aliphatic heterocycles. The third kappa shape index (κ3) is 2.47. The molecule has 0 radical (unpaired) electrons. The van der Waals surface area contributed by atoms with Gasteiger partial charge in [-0.1, -0.05) is 30.3 Å². The number of benzene rings is 1. The van der Waals surface area contributed by atoms with Crippen molar-refractivity contribution in [2.75, 3.05) is 5.73 Å². The van der Waals surface area contributed by atoms with E-state index in [0.29, 0.717) is 5.88 Å². The first-order valence-electron chi connectivity index (χ1n) is 7.02. The highest BCUT2D eigenvalue weighted by Crippen LogP contribution is 2.39. The molecule has 3 nitrogen and oxygen atoms in total. The Bertz CT molecular complexity index is 786. The van der Waals surface area contributed by atoms with Crippen LogP contribution in [0, 0.1) is 13.8 Å². The summed E-state index contributed by atoms with van der Waals surface area (Å²) in [5.74, 6) is 0.375. The van der Waals surface area contributed by atoms with Crippen LogP contribution in [0.4, 0.5) is 5.88 Å². The van der Waals surface area contributed by atoms with Gasteiger partial charge in [0.05, 0.1) is 10.4 Å². The predicted molar refractivity (Wildman–Crippen MR) is 88.5 cm³/mol.